The highest BCUT2D eigenvalue weighted by Gasteiger charge is 2.03. The molecule has 0 saturated carbocycles. The summed E-state index contributed by atoms with van der Waals surface area (Å²) >= 11 is 0. The molecule has 0 atom stereocenters. The van der Waals surface area contributed by atoms with Crippen LogP contribution in [0.1, 0.15) is 5.56 Å². The summed E-state index contributed by atoms with van der Waals surface area (Å²) in [5.74, 6) is -2.25. The maximum absolute atomic E-state index is 11.2. The van der Waals surface area contributed by atoms with Crippen molar-refractivity contribution in [3.8, 4) is 0 Å². The van der Waals surface area contributed by atoms with Crippen LogP contribution in [0.25, 0.3) is 11.1 Å². The maximum Gasteiger partial charge on any atom is 0.417 e. The van der Waals surface area contributed by atoms with Gasteiger partial charge in [-0.2, -0.15) is 0 Å². The molecule has 3 N–H and O–H groups in total. The van der Waals surface area contributed by atoms with E-state index in [1.165, 1.54) is 0 Å². The molecule has 2 aromatic rings. The zero-order valence-electron chi connectivity index (χ0n) is 9.67. The van der Waals surface area contributed by atoms with Crippen molar-refractivity contribution in [3.05, 3.63) is 46.5 Å². The lowest BCUT2D eigenvalue weighted by Gasteiger charge is -2.01. The van der Waals surface area contributed by atoms with Gasteiger partial charge in [0.1, 0.15) is 0 Å². The molecule has 0 unspecified atom stereocenters. The van der Waals surface area contributed by atoms with Gasteiger partial charge in [-0.15, -0.1) is 0 Å². The average molecular weight is 262 g/mol. The van der Waals surface area contributed by atoms with E-state index in [0.717, 1.165) is 17.7 Å². The molecule has 0 radical (unpaired) electrons. The number of amides is 1. The van der Waals surface area contributed by atoms with Crippen molar-refractivity contribution in [2.45, 2.75) is 6.54 Å². The van der Waals surface area contributed by atoms with Gasteiger partial charge in [-0.3, -0.25) is 9.78 Å². The Bertz CT molecular complexity index is 710. The predicted octanol–water partition coefficient (Wildman–Crippen LogP) is 0.378. The lowest BCUT2D eigenvalue weighted by molar-refractivity contribution is -0.131. The summed E-state index contributed by atoms with van der Waals surface area (Å²) in [7, 11) is 0. The summed E-state index contributed by atoms with van der Waals surface area (Å²) < 4.78 is 4.88. The van der Waals surface area contributed by atoms with E-state index in [2.05, 4.69) is 10.3 Å². The molecule has 1 aromatic heterocycles. The van der Waals surface area contributed by atoms with Crippen LogP contribution in [0.5, 0.6) is 0 Å². The highest BCUT2D eigenvalue weighted by atomic mass is 16.4. The zero-order valence-corrected chi connectivity index (χ0v) is 9.67. The second-order valence-corrected chi connectivity index (χ2v) is 3.73. The van der Waals surface area contributed by atoms with Crippen molar-refractivity contribution in [3.63, 3.8) is 0 Å². The molecule has 19 heavy (non-hydrogen) atoms. The van der Waals surface area contributed by atoms with Crippen molar-refractivity contribution >= 4 is 23.0 Å². The van der Waals surface area contributed by atoms with Crippen molar-refractivity contribution in [2.75, 3.05) is 0 Å². The van der Waals surface area contributed by atoms with Gasteiger partial charge in [0, 0.05) is 18.7 Å². The van der Waals surface area contributed by atoms with Gasteiger partial charge in [0.15, 0.2) is 5.58 Å². The third-order valence-corrected chi connectivity index (χ3v) is 2.33. The van der Waals surface area contributed by atoms with Crippen LogP contribution in [0, 0.1) is 0 Å². The Labute approximate surface area is 106 Å². The van der Waals surface area contributed by atoms with Crippen LogP contribution in [-0.2, 0) is 16.1 Å². The Hall–Kier alpha value is -2.83. The van der Waals surface area contributed by atoms with E-state index in [0.29, 0.717) is 11.1 Å². The van der Waals surface area contributed by atoms with E-state index >= 15 is 0 Å². The molecule has 0 aliphatic carbocycles. The van der Waals surface area contributed by atoms with Crippen LogP contribution in [0.3, 0.4) is 0 Å². The van der Waals surface area contributed by atoms with Crippen LogP contribution >= 0.6 is 0 Å². The smallest absolute Gasteiger partial charge is 0.417 e. The fraction of sp³-hybridized carbons (Fsp3) is 0.0833. The topological polar surface area (TPSA) is 112 Å². The minimum atomic E-state index is -1.19. The quantitative estimate of drug-likeness (QED) is 0.689. The summed E-state index contributed by atoms with van der Waals surface area (Å²) in [6, 6.07) is 5.00. The molecule has 0 fully saturated rings. The molecular formula is C12H10N2O5. The van der Waals surface area contributed by atoms with Gasteiger partial charge >= 0.3 is 11.7 Å². The minimum absolute atomic E-state index is 0.202. The molecular weight excluding hydrogens is 252 g/mol. The van der Waals surface area contributed by atoms with Crippen LogP contribution in [0.15, 0.2) is 39.6 Å². The molecule has 7 heteroatoms. The number of fused-ring (bicyclic) bond motifs is 1. The average Bonchev–Trinajstić information content (AvgIpc) is 2.73. The fourth-order valence-electron chi connectivity index (χ4n) is 1.49. The van der Waals surface area contributed by atoms with Crippen LogP contribution in [-0.4, -0.2) is 22.0 Å². The Morgan fingerprint density at radius 3 is 2.89 bits per heavy atom. The number of carbonyl (C=O) groups is 2. The van der Waals surface area contributed by atoms with E-state index < -0.39 is 17.6 Å². The molecule has 1 heterocycles. The van der Waals surface area contributed by atoms with Crippen molar-refractivity contribution in [1.82, 2.24) is 10.3 Å². The number of hydrogen-bond donors (Lipinski definition) is 3. The van der Waals surface area contributed by atoms with E-state index in [1.54, 1.807) is 18.2 Å². The van der Waals surface area contributed by atoms with Gasteiger partial charge in [-0.1, -0.05) is 6.07 Å². The standard InChI is InChI=1S/C12H10N2O5/c15-10(3-4-11(16)17)13-6-7-1-2-8-9(5-7)19-12(18)14-8/h1-5H,6H2,(H,13,15)(H,14,18)(H,16,17)/b4-3+. The zero-order chi connectivity index (χ0) is 13.8. The number of rotatable bonds is 4. The predicted molar refractivity (Wildman–Crippen MR) is 65.5 cm³/mol. The first-order chi connectivity index (χ1) is 9.04. The Morgan fingerprint density at radius 2 is 2.16 bits per heavy atom. The van der Waals surface area contributed by atoms with Crippen LogP contribution < -0.4 is 11.1 Å². The lowest BCUT2D eigenvalue weighted by atomic mass is 10.2. The van der Waals surface area contributed by atoms with Gasteiger partial charge in [0.2, 0.25) is 5.91 Å². The van der Waals surface area contributed by atoms with Gasteiger partial charge < -0.3 is 14.8 Å². The SMILES string of the molecule is O=C(O)/C=C/C(=O)NCc1ccc2[nH]c(=O)oc2c1. The molecule has 1 amide bonds. The highest BCUT2D eigenvalue weighted by molar-refractivity contribution is 5.93. The molecule has 0 bridgehead atoms. The molecule has 98 valence electrons. The molecule has 0 saturated heterocycles. The largest absolute Gasteiger partial charge is 0.478 e. The first-order valence-electron chi connectivity index (χ1n) is 5.35. The van der Waals surface area contributed by atoms with Gasteiger partial charge in [-0.25, -0.2) is 9.59 Å². The first kappa shape index (κ1) is 12.6. The summed E-state index contributed by atoms with van der Waals surface area (Å²) in [6.07, 6.45) is 1.68. The number of carbonyl (C=O) groups excluding carboxylic acids is 1. The number of hydrogen-bond acceptors (Lipinski definition) is 4. The van der Waals surface area contributed by atoms with Crippen molar-refractivity contribution in [1.29, 1.82) is 0 Å². The van der Waals surface area contributed by atoms with Crippen molar-refractivity contribution in [2.24, 2.45) is 0 Å². The monoisotopic (exact) mass is 262 g/mol. The molecule has 0 aliphatic rings. The van der Waals surface area contributed by atoms with Gasteiger partial charge in [0.25, 0.3) is 0 Å². The van der Waals surface area contributed by atoms with Gasteiger partial charge in [-0.05, 0) is 17.7 Å². The summed E-state index contributed by atoms with van der Waals surface area (Å²) in [4.78, 5) is 34.9. The van der Waals surface area contributed by atoms with E-state index in [-0.39, 0.29) is 6.54 Å². The van der Waals surface area contributed by atoms with E-state index in [9.17, 15) is 14.4 Å². The highest BCUT2D eigenvalue weighted by Crippen LogP contribution is 2.11. The van der Waals surface area contributed by atoms with Crippen LogP contribution in [0.2, 0.25) is 0 Å². The lowest BCUT2D eigenvalue weighted by Crippen LogP contribution is -2.20. The maximum atomic E-state index is 11.2. The second-order valence-electron chi connectivity index (χ2n) is 3.73. The summed E-state index contributed by atoms with van der Waals surface area (Å²) in [6.45, 7) is 0.202. The number of aromatic nitrogens is 1. The number of nitrogens with one attached hydrogen (secondary N) is 2. The second kappa shape index (κ2) is 5.21. The Balaban J connectivity index is 2.03. The molecule has 1 aromatic carbocycles. The number of carboxylic acids is 1. The number of H-pyrrole nitrogens is 1. The summed E-state index contributed by atoms with van der Waals surface area (Å²) in [5.41, 5.74) is 1.70. The van der Waals surface area contributed by atoms with E-state index in [4.69, 9.17) is 9.52 Å². The molecule has 0 aliphatic heterocycles. The van der Waals surface area contributed by atoms with Gasteiger partial charge in [0.05, 0.1) is 5.52 Å². The number of aromatic amines is 1. The molecule has 2 rings (SSSR count). The fourth-order valence-corrected chi connectivity index (χ4v) is 1.49. The number of aliphatic carboxylic acids is 1. The third kappa shape index (κ3) is 3.32. The molecule has 7 nitrogen and oxygen atoms in total. The third-order valence-electron chi connectivity index (χ3n) is 2.33. The number of oxazole rings is 1. The Morgan fingerprint density at radius 1 is 1.37 bits per heavy atom. The van der Waals surface area contributed by atoms with E-state index in [1.807, 2.05) is 0 Å². The summed E-state index contributed by atoms with van der Waals surface area (Å²) in [5, 5.41) is 10.9. The first-order valence-corrected chi connectivity index (χ1v) is 5.35. The normalized spacial score (nSPS) is 10.9. The van der Waals surface area contributed by atoms with Crippen LogP contribution in [0.4, 0.5) is 0 Å². The number of carboxylic acid groups (broad SMARTS) is 1. The Kier molecular flexibility index (Phi) is 3.46. The minimum Gasteiger partial charge on any atom is -0.478 e. The number of benzene rings is 1. The van der Waals surface area contributed by atoms with Crippen molar-refractivity contribution < 1.29 is 19.1 Å². The molecule has 0 spiro atoms.